The van der Waals surface area contributed by atoms with E-state index >= 15 is 0 Å². The van der Waals surface area contributed by atoms with Gasteiger partial charge in [-0.1, -0.05) is 18.2 Å². The maximum atomic E-state index is 13.9. The number of aromatic nitrogens is 1. The average molecular weight is 620 g/mol. The van der Waals surface area contributed by atoms with Crippen molar-refractivity contribution in [2.24, 2.45) is 0 Å². The summed E-state index contributed by atoms with van der Waals surface area (Å²) in [5.41, 5.74) is 4.92. The minimum absolute atomic E-state index is 0. The van der Waals surface area contributed by atoms with Crippen LogP contribution in [-0.2, 0) is 22.4 Å². The molecule has 0 bridgehead atoms. The molecule has 4 aliphatic heterocycles. The molecule has 2 N–H and O–H groups in total. The maximum absolute atomic E-state index is 13.9. The lowest BCUT2D eigenvalue weighted by Gasteiger charge is -2.41. The van der Waals surface area contributed by atoms with Gasteiger partial charge in [0.1, 0.15) is 0 Å². The molecular formula is C34H49N7O4. The van der Waals surface area contributed by atoms with Crippen LogP contribution in [0.15, 0.2) is 36.5 Å². The first kappa shape index (κ1) is 31.3. The van der Waals surface area contributed by atoms with Crippen LogP contribution in [0.5, 0.6) is 0 Å². The number of nitrogens with zero attached hydrogens (tertiary/aromatic N) is 5. The number of piperazine rings is 1. The van der Waals surface area contributed by atoms with E-state index in [0.29, 0.717) is 51.6 Å². The van der Waals surface area contributed by atoms with Crippen LogP contribution in [-0.4, -0.2) is 120 Å². The number of amides is 4. The highest BCUT2D eigenvalue weighted by atomic mass is 16.6. The number of para-hydroxylation sites is 1. The van der Waals surface area contributed by atoms with Crippen LogP contribution in [0.1, 0.15) is 49.5 Å². The standard InChI is InChI=1S/C34H47N7O4.H2/c1-24-21-27(36-23-25(24)2)22-31(32(42)39-14-8-28(9-15-39)38-19-12-35-13-20-38)45-34(44)40-16-10-29(11-17-40)41-18-7-26-5-3-4-6-30(26)37-33(41)43;/h3-6,21,23,28-29,31,35H,7-20,22H2,1-2H3,(H,37,43);1H/t31-;/m1./s1. The van der Waals surface area contributed by atoms with Crippen molar-refractivity contribution in [2.75, 3.05) is 64.2 Å². The molecule has 0 aliphatic carbocycles. The van der Waals surface area contributed by atoms with Crippen molar-refractivity contribution < 1.29 is 20.5 Å². The van der Waals surface area contributed by atoms with Crippen molar-refractivity contribution in [3.05, 3.63) is 58.9 Å². The summed E-state index contributed by atoms with van der Waals surface area (Å²) in [6, 6.07) is 10.3. The molecular weight excluding hydrogens is 570 g/mol. The number of hydrogen-bond donors (Lipinski definition) is 2. The third-order valence-electron chi connectivity index (χ3n) is 10.1. The van der Waals surface area contributed by atoms with Gasteiger partial charge in [0.25, 0.3) is 5.91 Å². The Morgan fingerprint density at radius 1 is 0.933 bits per heavy atom. The summed E-state index contributed by atoms with van der Waals surface area (Å²) in [6.07, 6.45) is 4.62. The van der Waals surface area contributed by atoms with Gasteiger partial charge in [0, 0.05) is 96.4 Å². The number of pyridine rings is 1. The summed E-state index contributed by atoms with van der Waals surface area (Å²) < 4.78 is 6.03. The van der Waals surface area contributed by atoms with Crippen LogP contribution in [0, 0.1) is 13.8 Å². The molecule has 3 saturated heterocycles. The Bertz CT molecular complexity index is 1370. The summed E-state index contributed by atoms with van der Waals surface area (Å²) in [6.45, 7) is 11.1. The molecule has 45 heavy (non-hydrogen) atoms. The second-order valence-electron chi connectivity index (χ2n) is 12.9. The van der Waals surface area contributed by atoms with E-state index < -0.39 is 12.2 Å². The summed E-state index contributed by atoms with van der Waals surface area (Å²) in [5.74, 6) is -0.141. The minimum atomic E-state index is -0.935. The molecule has 2 aromatic rings. The van der Waals surface area contributed by atoms with Crippen molar-refractivity contribution in [1.82, 2.24) is 29.9 Å². The second-order valence-corrected chi connectivity index (χ2v) is 12.9. The van der Waals surface area contributed by atoms with Crippen molar-refractivity contribution in [1.29, 1.82) is 0 Å². The smallest absolute Gasteiger partial charge is 0.410 e. The van der Waals surface area contributed by atoms with E-state index in [-0.39, 0.29) is 25.8 Å². The Morgan fingerprint density at radius 2 is 1.62 bits per heavy atom. The third-order valence-corrected chi connectivity index (χ3v) is 10.1. The molecule has 4 amide bonds. The Kier molecular flexibility index (Phi) is 9.85. The number of urea groups is 1. The Balaban J connectivity index is 0.00000417. The molecule has 0 spiro atoms. The van der Waals surface area contributed by atoms with Crippen molar-refractivity contribution in [3.63, 3.8) is 0 Å². The summed E-state index contributed by atoms with van der Waals surface area (Å²) >= 11 is 0. The highest BCUT2D eigenvalue weighted by molar-refractivity contribution is 5.91. The number of anilines is 1. The Morgan fingerprint density at radius 3 is 2.36 bits per heavy atom. The normalized spacial score (nSPS) is 21.1. The van der Waals surface area contributed by atoms with Gasteiger partial charge >= 0.3 is 12.1 Å². The first-order valence-corrected chi connectivity index (χ1v) is 16.6. The number of ether oxygens (including phenoxy) is 1. The molecule has 4 aliphatic rings. The number of carbonyl (C=O) groups is 3. The van der Waals surface area contributed by atoms with Gasteiger partial charge < -0.3 is 30.1 Å². The number of benzene rings is 1. The zero-order valence-electron chi connectivity index (χ0n) is 26.7. The molecule has 1 aromatic heterocycles. The molecule has 1 atom stereocenters. The van der Waals surface area contributed by atoms with E-state index in [1.165, 1.54) is 0 Å². The number of aryl methyl sites for hydroxylation is 2. The van der Waals surface area contributed by atoms with Crippen LogP contribution < -0.4 is 10.6 Å². The summed E-state index contributed by atoms with van der Waals surface area (Å²) in [4.78, 5) is 53.0. The zero-order chi connectivity index (χ0) is 31.3. The van der Waals surface area contributed by atoms with Crippen LogP contribution in [0.3, 0.4) is 0 Å². The van der Waals surface area contributed by atoms with Gasteiger partial charge in [-0.2, -0.15) is 0 Å². The van der Waals surface area contributed by atoms with E-state index in [0.717, 1.165) is 73.5 Å². The highest BCUT2D eigenvalue weighted by Gasteiger charge is 2.36. The molecule has 5 heterocycles. The number of hydrogen-bond acceptors (Lipinski definition) is 7. The first-order valence-electron chi connectivity index (χ1n) is 16.6. The number of likely N-dealkylation sites (tertiary alicyclic amines) is 2. The molecule has 0 radical (unpaired) electrons. The van der Waals surface area contributed by atoms with E-state index in [1.807, 2.05) is 54.1 Å². The quantitative estimate of drug-likeness (QED) is 0.510. The van der Waals surface area contributed by atoms with Crippen molar-refractivity contribution >= 4 is 23.7 Å². The molecule has 0 unspecified atom stereocenters. The molecule has 0 saturated carbocycles. The Hall–Kier alpha value is -3.70. The van der Waals surface area contributed by atoms with Gasteiger partial charge in [0.05, 0.1) is 0 Å². The van der Waals surface area contributed by atoms with Crippen molar-refractivity contribution in [2.45, 2.75) is 70.6 Å². The van der Waals surface area contributed by atoms with E-state index in [2.05, 4.69) is 26.6 Å². The van der Waals surface area contributed by atoms with E-state index in [1.54, 1.807) is 4.90 Å². The zero-order valence-corrected chi connectivity index (χ0v) is 26.7. The molecule has 6 rings (SSSR count). The highest BCUT2D eigenvalue weighted by Crippen LogP contribution is 2.26. The van der Waals surface area contributed by atoms with Gasteiger partial charge in [-0.05, 0) is 74.8 Å². The predicted molar refractivity (Wildman–Crippen MR) is 174 cm³/mol. The Labute approximate surface area is 267 Å². The molecule has 1 aromatic carbocycles. The maximum Gasteiger partial charge on any atom is 0.410 e. The van der Waals surface area contributed by atoms with Crippen molar-refractivity contribution in [3.8, 4) is 0 Å². The molecule has 3 fully saturated rings. The van der Waals surface area contributed by atoms with Gasteiger partial charge in [-0.3, -0.25) is 14.7 Å². The lowest BCUT2D eigenvalue weighted by molar-refractivity contribution is -0.142. The third kappa shape index (κ3) is 7.41. The number of piperidine rings is 2. The van der Waals surface area contributed by atoms with Crippen LogP contribution >= 0.6 is 0 Å². The number of fused-ring (bicyclic) bond motifs is 1. The fourth-order valence-electron chi connectivity index (χ4n) is 7.16. The van der Waals surface area contributed by atoms with Crippen LogP contribution in [0.2, 0.25) is 0 Å². The minimum Gasteiger partial charge on any atom is -0.436 e. The van der Waals surface area contributed by atoms with Gasteiger partial charge in [0.2, 0.25) is 0 Å². The SMILES string of the molecule is Cc1cnc(C[C@@H](OC(=O)N2CCC(N3CCc4ccccc4NC3=O)CC2)C(=O)N2CCC(N3CCNCC3)CC2)cc1C.[HH]. The van der Waals surface area contributed by atoms with Gasteiger partial charge in [-0.25, -0.2) is 9.59 Å². The fraction of sp³-hybridized carbons (Fsp3) is 0.588. The van der Waals surface area contributed by atoms with Gasteiger partial charge in [0.15, 0.2) is 6.10 Å². The lowest BCUT2D eigenvalue weighted by Crippen LogP contribution is -2.54. The van der Waals surface area contributed by atoms with E-state index in [9.17, 15) is 14.4 Å². The number of rotatable bonds is 6. The second kappa shape index (κ2) is 14.2. The van der Waals surface area contributed by atoms with E-state index in [4.69, 9.17) is 4.74 Å². The predicted octanol–water partition coefficient (Wildman–Crippen LogP) is 3.44. The number of carbonyl (C=O) groups excluding carboxylic acids is 3. The topological polar surface area (TPSA) is 110 Å². The van der Waals surface area contributed by atoms with Crippen LogP contribution in [0.25, 0.3) is 0 Å². The largest absolute Gasteiger partial charge is 0.436 e. The van der Waals surface area contributed by atoms with Gasteiger partial charge in [-0.15, -0.1) is 0 Å². The summed E-state index contributed by atoms with van der Waals surface area (Å²) in [7, 11) is 0. The lowest BCUT2D eigenvalue weighted by atomic mass is 10.0. The molecule has 11 heteroatoms. The first-order chi connectivity index (χ1) is 21.9. The average Bonchev–Trinajstić information content (AvgIpc) is 3.24. The fourth-order valence-corrected chi connectivity index (χ4v) is 7.16. The summed E-state index contributed by atoms with van der Waals surface area (Å²) in [5, 5.41) is 6.47. The molecule has 11 nitrogen and oxygen atoms in total. The monoisotopic (exact) mass is 619 g/mol. The van der Waals surface area contributed by atoms with Crippen LogP contribution in [0.4, 0.5) is 15.3 Å². The molecule has 244 valence electrons. The number of nitrogens with one attached hydrogen (secondary N) is 2.